The first-order valence-electron chi connectivity index (χ1n) is 5.19. The monoisotopic (exact) mass is 236 g/mol. The Labute approximate surface area is 93.7 Å². The van der Waals surface area contributed by atoms with E-state index in [1.54, 1.807) is 20.8 Å². The Morgan fingerprint density at radius 3 is 2.44 bits per heavy atom. The Morgan fingerprint density at radius 2 is 2.06 bits per heavy atom. The lowest BCUT2D eigenvalue weighted by molar-refractivity contribution is 0.0223. The molecule has 4 nitrogen and oxygen atoms in total. The molecular weight excluding hydrogens is 218 g/mol. The van der Waals surface area contributed by atoms with Crippen LogP contribution in [0.2, 0.25) is 0 Å². The second kappa shape index (κ2) is 4.16. The van der Waals surface area contributed by atoms with E-state index in [9.17, 15) is 13.6 Å². The van der Waals surface area contributed by atoms with E-state index >= 15 is 0 Å². The van der Waals surface area contributed by atoms with Crippen LogP contribution in [0.15, 0.2) is 0 Å². The van der Waals surface area contributed by atoms with E-state index in [4.69, 9.17) is 10.5 Å². The van der Waals surface area contributed by atoms with Crippen molar-refractivity contribution in [3.05, 3.63) is 0 Å². The van der Waals surface area contributed by atoms with E-state index in [1.165, 1.54) is 4.90 Å². The Morgan fingerprint density at radius 1 is 1.50 bits per heavy atom. The van der Waals surface area contributed by atoms with Crippen LogP contribution in [0.25, 0.3) is 0 Å². The third kappa shape index (κ3) is 3.04. The van der Waals surface area contributed by atoms with Gasteiger partial charge in [-0.05, 0) is 27.2 Å². The van der Waals surface area contributed by atoms with Crippen LogP contribution in [0, 0.1) is 0 Å². The predicted molar refractivity (Wildman–Crippen MR) is 55.3 cm³/mol. The van der Waals surface area contributed by atoms with Gasteiger partial charge in [0.05, 0.1) is 5.54 Å². The highest BCUT2D eigenvalue weighted by Gasteiger charge is 2.44. The van der Waals surface area contributed by atoms with E-state index in [0.717, 1.165) is 0 Å². The van der Waals surface area contributed by atoms with Gasteiger partial charge in [-0.2, -0.15) is 0 Å². The van der Waals surface area contributed by atoms with Crippen LogP contribution in [-0.4, -0.2) is 41.6 Å². The Hall–Kier alpha value is -0.910. The molecule has 0 aromatic carbocycles. The molecule has 16 heavy (non-hydrogen) atoms. The number of likely N-dealkylation sites (tertiary alicyclic amines) is 1. The van der Waals surface area contributed by atoms with Gasteiger partial charge < -0.3 is 15.4 Å². The van der Waals surface area contributed by atoms with Crippen molar-refractivity contribution in [2.75, 3.05) is 13.1 Å². The van der Waals surface area contributed by atoms with E-state index in [0.29, 0.717) is 0 Å². The van der Waals surface area contributed by atoms with Gasteiger partial charge in [-0.1, -0.05) is 0 Å². The molecule has 1 unspecified atom stereocenters. The summed E-state index contributed by atoms with van der Waals surface area (Å²) in [6.45, 7) is 5.24. The summed E-state index contributed by atoms with van der Waals surface area (Å²) < 4.78 is 30.3. The summed E-state index contributed by atoms with van der Waals surface area (Å²) >= 11 is 0. The lowest BCUT2D eigenvalue weighted by atomic mass is 10.0. The van der Waals surface area contributed by atoms with Crippen molar-refractivity contribution in [1.82, 2.24) is 4.90 Å². The molecule has 0 aliphatic carbocycles. The molecule has 1 saturated heterocycles. The fourth-order valence-corrected chi connectivity index (χ4v) is 1.52. The molecule has 1 heterocycles. The van der Waals surface area contributed by atoms with Gasteiger partial charge in [-0.3, -0.25) is 0 Å². The first kappa shape index (κ1) is 13.2. The van der Waals surface area contributed by atoms with Crippen molar-refractivity contribution in [2.45, 2.75) is 44.8 Å². The molecule has 0 bridgehead atoms. The molecule has 0 aromatic rings. The van der Waals surface area contributed by atoms with Gasteiger partial charge in [0.15, 0.2) is 0 Å². The minimum Gasteiger partial charge on any atom is -0.444 e. The molecule has 0 spiro atoms. The van der Waals surface area contributed by atoms with Gasteiger partial charge in [0.25, 0.3) is 6.43 Å². The molecule has 2 N–H and O–H groups in total. The number of nitrogens with two attached hydrogens (primary N) is 1. The molecule has 0 radical (unpaired) electrons. The number of hydrogen-bond donors (Lipinski definition) is 1. The molecule has 1 amide bonds. The van der Waals surface area contributed by atoms with E-state index in [2.05, 4.69) is 0 Å². The Balaban J connectivity index is 2.57. The summed E-state index contributed by atoms with van der Waals surface area (Å²) in [7, 11) is 0. The van der Waals surface area contributed by atoms with Crippen LogP contribution < -0.4 is 5.73 Å². The van der Waals surface area contributed by atoms with Gasteiger partial charge >= 0.3 is 6.09 Å². The normalized spacial score (nSPS) is 26.3. The lowest BCUT2D eigenvalue weighted by Gasteiger charge is -2.26. The molecule has 1 aliphatic rings. The van der Waals surface area contributed by atoms with Crippen molar-refractivity contribution < 1.29 is 18.3 Å². The van der Waals surface area contributed by atoms with Gasteiger partial charge in [-0.15, -0.1) is 0 Å². The van der Waals surface area contributed by atoms with Gasteiger partial charge in [-0.25, -0.2) is 13.6 Å². The summed E-state index contributed by atoms with van der Waals surface area (Å²) in [6, 6.07) is 0. The second-order valence-electron chi connectivity index (χ2n) is 5.19. The average molecular weight is 236 g/mol. The molecular formula is C10H18F2N2O2. The van der Waals surface area contributed by atoms with Gasteiger partial charge in [0, 0.05) is 13.1 Å². The summed E-state index contributed by atoms with van der Waals surface area (Å²) in [5.41, 5.74) is 3.28. The zero-order valence-electron chi connectivity index (χ0n) is 9.80. The first-order valence-corrected chi connectivity index (χ1v) is 5.19. The summed E-state index contributed by atoms with van der Waals surface area (Å²) in [6.07, 6.45) is -3.11. The highest BCUT2D eigenvalue weighted by molar-refractivity contribution is 5.68. The Kier molecular flexibility index (Phi) is 3.42. The number of carbonyl (C=O) groups excluding carboxylic acids is 1. The van der Waals surface area contributed by atoms with Crippen molar-refractivity contribution >= 4 is 6.09 Å². The third-order valence-corrected chi connectivity index (χ3v) is 2.42. The van der Waals surface area contributed by atoms with Crippen LogP contribution in [0.4, 0.5) is 13.6 Å². The van der Waals surface area contributed by atoms with Crippen LogP contribution in [-0.2, 0) is 4.74 Å². The zero-order chi connectivity index (χ0) is 12.6. The topological polar surface area (TPSA) is 55.6 Å². The maximum absolute atomic E-state index is 12.6. The van der Waals surface area contributed by atoms with E-state index < -0.39 is 23.7 Å². The summed E-state index contributed by atoms with van der Waals surface area (Å²) in [5.74, 6) is 0. The third-order valence-electron chi connectivity index (χ3n) is 2.42. The second-order valence-corrected chi connectivity index (χ2v) is 5.19. The predicted octanol–water partition coefficient (Wildman–Crippen LogP) is 1.59. The molecule has 1 atom stereocenters. The number of carbonyl (C=O) groups is 1. The maximum Gasteiger partial charge on any atom is 0.410 e. The highest BCUT2D eigenvalue weighted by atomic mass is 19.3. The maximum atomic E-state index is 12.6. The minimum atomic E-state index is -2.63. The largest absolute Gasteiger partial charge is 0.444 e. The number of rotatable bonds is 1. The summed E-state index contributed by atoms with van der Waals surface area (Å²) in [4.78, 5) is 12.8. The number of nitrogens with zero attached hydrogens (tertiary/aromatic N) is 1. The number of alkyl halides is 2. The van der Waals surface area contributed by atoms with Crippen molar-refractivity contribution in [1.29, 1.82) is 0 Å². The van der Waals surface area contributed by atoms with Crippen LogP contribution in [0.1, 0.15) is 27.2 Å². The Bertz CT molecular complexity index is 278. The first-order chi connectivity index (χ1) is 7.14. The smallest absolute Gasteiger partial charge is 0.410 e. The van der Waals surface area contributed by atoms with E-state index in [1.807, 2.05) is 0 Å². The fraction of sp³-hybridized carbons (Fsp3) is 0.900. The van der Waals surface area contributed by atoms with Gasteiger partial charge in [0.1, 0.15) is 5.60 Å². The molecule has 0 saturated carbocycles. The fourth-order valence-electron chi connectivity index (χ4n) is 1.52. The molecule has 1 rings (SSSR count). The summed E-state index contributed by atoms with van der Waals surface area (Å²) in [5, 5.41) is 0. The molecule has 1 fully saturated rings. The molecule has 6 heteroatoms. The van der Waals surface area contributed by atoms with Crippen molar-refractivity contribution in [2.24, 2.45) is 5.73 Å². The van der Waals surface area contributed by atoms with Crippen molar-refractivity contribution in [3.8, 4) is 0 Å². The number of ether oxygens (including phenoxy) is 1. The SMILES string of the molecule is CC(C)(C)OC(=O)N1CCC(N)(C(F)F)C1. The van der Waals surface area contributed by atoms with Gasteiger partial charge in [0.2, 0.25) is 0 Å². The highest BCUT2D eigenvalue weighted by Crippen LogP contribution is 2.26. The van der Waals surface area contributed by atoms with Crippen LogP contribution >= 0.6 is 0 Å². The van der Waals surface area contributed by atoms with E-state index in [-0.39, 0.29) is 19.5 Å². The van der Waals surface area contributed by atoms with Crippen molar-refractivity contribution in [3.63, 3.8) is 0 Å². The number of halogens is 2. The number of hydrogen-bond acceptors (Lipinski definition) is 3. The number of amides is 1. The average Bonchev–Trinajstić information content (AvgIpc) is 2.46. The zero-order valence-corrected chi connectivity index (χ0v) is 9.80. The molecule has 1 aliphatic heterocycles. The molecule has 0 aromatic heterocycles. The quantitative estimate of drug-likeness (QED) is 0.752. The minimum absolute atomic E-state index is 0.101. The molecule has 94 valence electrons. The lowest BCUT2D eigenvalue weighted by Crippen LogP contribution is -2.50. The standard InChI is InChI=1S/C10H18F2N2O2/c1-9(2,3)16-8(15)14-5-4-10(13,6-14)7(11)12/h7H,4-6,13H2,1-3H3. The van der Waals surface area contributed by atoms with Crippen LogP contribution in [0.5, 0.6) is 0 Å². The van der Waals surface area contributed by atoms with Crippen LogP contribution in [0.3, 0.4) is 0 Å².